The predicted molar refractivity (Wildman–Crippen MR) is 122 cm³/mol. The van der Waals surface area contributed by atoms with Crippen LogP contribution >= 0.6 is 34.8 Å². The summed E-state index contributed by atoms with van der Waals surface area (Å²) in [7, 11) is 0. The van der Waals surface area contributed by atoms with Crippen molar-refractivity contribution in [2.45, 2.75) is 44.7 Å². The van der Waals surface area contributed by atoms with Gasteiger partial charge in [0.15, 0.2) is 5.82 Å². The quantitative estimate of drug-likeness (QED) is 0.618. The van der Waals surface area contributed by atoms with Gasteiger partial charge in [-0.3, -0.25) is 0 Å². The third kappa shape index (κ3) is 4.91. The van der Waals surface area contributed by atoms with Crippen LogP contribution in [-0.2, 0) is 0 Å². The van der Waals surface area contributed by atoms with E-state index in [1.54, 1.807) is 12.3 Å². The first-order chi connectivity index (χ1) is 14.0. The van der Waals surface area contributed by atoms with Gasteiger partial charge in [-0.05, 0) is 56.3 Å². The maximum atomic E-state index is 6.38. The summed E-state index contributed by atoms with van der Waals surface area (Å²) < 4.78 is 0. The van der Waals surface area contributed by atoms with Crippen LogP contribution in [0.4, 0.5) is 11.8 Å². The number of benzene rings is 1. The van der Waals surface area contributed by atoms with Crippen LogP contribution in [0.15, 0.2) is 24.4 Å². The van der Waals surface area contributed by atoms with Gasteiger partial charge in [0.1, 0.15) is 5.02 Å². The minimum Gasteiger partial charge on any atom is -0.362 e. The number of nitrogens with zero attached hydrogens (tertiary/aromatic N) is 3. The van der Waals surface area contributed by atoms with Crippen LogP contribution in [0.3, 0.4) is 0 Å². The van der Waals surface area contributed by atoms with E-state index in [1.807, 2.05) is 19.1 Å². The lowest BCUT2D eigenvalue weighted by Crippen LogP contribution is -2.41. The summed E-state index contributed by atoms with van der Waals surface area (Å²) in [6, 6.07) is 6.04. The molecule has 0 spiro atoms. The zero-order chi connectivity index (χ0) is 20.4. The minimum absolute atomic E-state index is 0.0715. The molecule has 2 aromatic rings. The first kappa shape index (κ1) is 21.0. The van der Waals surface area contributed by atoms with E-state index in [0.717, 1.165) is 31.1 Å². The minimum atomic E-state index is -0.0715. The maximum absolute atomic E-state index is 6.38. The molecule has 8 heteroatoms. The van der Waals surface area contributed by atoms with Gasteiger partial charge in [-0.15, -0.1) is 0 Å². The highest BCUT2D eigenvalue weighted by molar-refractivity contribution is 6.35. The molecule has 2 saturated heterocycles. The molecule has 156 valence electrons. The number of nitrogens with one attached hydrogen (secondary N) is 2. The monoisotopic (exact) mass is 453 g/mol. The van der Waals surface area contributed by atoms with Crippen LogP contribution in [0.25, 0.3) is 0 Å². The Morgan fingerprint density at radius 3 is 2.79 bits per heavy atom. The van der Waals surface area contributed by atoms with Crippen molar-refractivity contribution in [1.29, 1.82) is 0 Å². The molecule has 0 amide bonds. The standard InChI is InChI=1S/C21H26Cl3N5/c1-13(16-6-5-15(22)10-17(16)23)27-20-18(24)11-26-21(28-20)29-9-7-14(12-29)19-4-2-3-8-25-19/h5-6,10-11,13-14,19,25H,2-4,7-9,12H2,1H3,(H,26,27,28)/t13-,14?,19?/m1/s1. The number of halogens is 3. The molecule has 5 nitrogen and oxygen atoms in total. The molecule has 3 atom stereocenters. The summed E-state index contributed by atoms with van der Waals surface area (Å²) in [4.78, 5) is 11.5. The van der Waals surface area contributed by atoms with Crippen molar-refractivity contribution in [2.75, 3.05) is 29.9 Å². The Morgan fingerprint density at radius 2 is 2.03 bits per heavy atom. The summed E-state index contributed by atoms with van der Waals surface area (Å²) in [5.41, 5.74) is 0.942. The lowest BCUT2D eigenvalue weighted by molar-refractivity contribution is 0.311. The second kappa shape index (κ2) is 9.25. The van der Waals surface area contributed by atoms with Gasteiger partial charge < -0.3 is 15.5 Å². The third-order valence-corrected chi connectivity index (χ3v) is 6.78. The third-order valence-electron chi connectivity index (χ3n) is 5.94. The fraction of sp³-hybridized carbons (Fsp3) is 0.524. The second-order valence-electron chi connectivity index (χ2n) is 7.95. The summed E-state index contributed by atoms with van der Waals surface area (Å²) in [5, 5.41) is 8.79. The first-order valence-electron chi connectivity index (χ1n) is 10.2. The van der Waals surface area contributed by atoms with Crippen molar-refractivity contribution in [3.63, 3.8) is 0 Å². The molecule has 0 saturated carbocycles. The molecule has 0 radical (unpaired) electrons. The Hall–Kier alpha value is -1.27. The highest BCUT2D eigenvalue weighted by Gasteiger charge is 2.31. The lowest BCUT2D eigenvalue weighted by Gasteiger charge is -2.29. The average molecular weight is 455 g/mol. The number of rotatable bonds is 5. The molecule has 0 aliphatic carbocycles. The van der Waals surface area contributed by atoms with Crippen molar-refractivity contribution >= 4 is 46.6 Å². The Balaban J connectivity index is 1.46. The van der Waals surface area contributed by atoms with E-state index in [0.29, 0.717) is 32.8 Å². The molecule has 1 aromatic heterocycles. The number of aromatic nitrogens is 2. The van der Waals surface area contributed by atoms with Gasteiger partial charge in [0.05, 0.1) is 12.2 Å². The SMILES string of the molecule is C[C@@H](Nc1nc(N2CCC(C3CCCCN3)C2)ncc1Cl)c1ccc(Cl)cc1Cl. The molecule has 2 aliphatic heterocycles. The van der Waals surface area contributed by atoms with E-state index in [4.69, 9.17) is 39.8 Å². The van der Waals surface area contributed by atoms with Gasteiger partial charge in [-0.25, -0.2) is 4.98 Å². The molecule has 2 fully saturated rings. The Morgan fingerprint density at radius 1 is 1.17 bits per heavy atom. The van der Waals surface area contributed by atoms with Crippen LogP contribution in [0.5, 0.6) is 0 Å². The lowest BCUT2D eigenvalue weighted by atomic mass is 9.91. The topological polar surface area (TPSA) is 53.1 Å². The zero-order valence-corrected chi connectivity index (χ0v) is 18.7. The summed E-state index contributed by atoms with van der Waals surface area (Å²) in [6.07, 6.45) is 6.73. The highest BCUT2D eigenvalue weighted by Crippen LogP contribution is 2.32. The number of anilines is 2. The summed E-state index contributed by atoms with van der Waals surface area (Å²) in [6.45, 7) is 5.12. The van der Waals surface area contributed by atoms with E-state index in [2.05, 4.69) is 20.5 Å². The van der Waals surface area contributed by atoms with Gasteiger partial charge in [-0.2, -0.15) is 4.98 Å². The normalized spacial score (nSPS) is 23.2. The summed E-state index contributed by atoms with van der Waals surface area (Å²) in [5.74, 6) is 2.00. The van der Waals surface area contributed by atoms with Gasteiger partial charge >= 0.3 is 0 Å². The van der Waals surface area contributed by atoms with Gasteiger partial charge in [0.25, 0.3) is 0 Å². The smallest absolute Gasteiger partial charge is 0.227 e. The maximum Gasteiger partial charge on any atom is 0.227 e. The van der Waals surface area contributed by atoms with Crippen molar-refractivity contribution in [3.05, 3.63) is 45.0 Å². The Bertz CT molecular complexity index is 856. The molecular weight excluding hydrogens is 429 g/mol. The van der Waals surface area contributed by atoms with Crippen LogP contribution in [-0.4, -0.2) is 35.6 Å². The molecule has 2 aliphatic rings. The molecular formula is C21H26Cl3N5. The van der Waals surface area contributed by atoms with Crippen molar-refractivity contribution in [2.24, 2.45) is 5.92 Å². The Kier molecular flexibility index (Phi) is 6.69. The molecule has 4 rings (SSSR count). The number of hydrogen-bond donors (Lipinski definition) is 2. The van der Waals surface area contributed by atoms with Crippen LogP contribution < -0.4 is 15.5 Å². The van der Waals surface area contributed by atoms with E-state index < -0.39 is 0 Å². The van der Waals surface area contributed by atoms with Crippen LogP contribution in [0, 0.1) is 5.92 Å². The summed E-state index contributed by atoms with van der Waals surface area (Å²) >= 11 is 18.7. The van der Waals surface area contributed by atoms with Crippen molar-refractivity contribution < 1.29 is 0 Å². The van der Waals surface area contributed by atoms with E-state index in [9.17, 15) is 0 Å². The second-order valence-corrected chi connectivity index (χ2v) is 9.20. The van der Waals surface area contributed by atoms with E-state index >= 15 is 0 Å². The van der Waals surface area contributed by atoms with Crippen LogP contribution in [0.2, 0.25) is 15.1 Å². The molecule has 1 aromatic carbocycles. The fourth-order valence-electron chi connectivity index (χ4n) is 4.33. The Labute approximate surface area is 187 Å². The fourth-order valence-corrected chi connectivity index (χ4v) is 5.04. The predicted octanol–water partition coefficient (Wildman–Crippen LogP) is 5.58. The molecule has 2 N–H and O–H groups in total. The largest absolute Gasteiger partial charge is 0.362 e. The number of hydrogen-bond acceptors (Lipinski definition) is 5. The zero-order valence-electron chi connectivity index (χ0n) is 16.5. The van der Waals surface area contributed by atoms with Gasteiger partial charge in [0.2, 0.25) is 5.95 Å². The van der Waals surface area contributed by atoms with Crippen LogP contribution in [0.1, 0.15) is 44.2 Å². The van der Waals surface area contributed by atoms with Crippen molar-refractivity contribution in [3.8, 4) is 0 Å². The molecule has 2 unspecified atom stereocenters. The van der Waals surface area contributed by atoms with Gasteiger partial charge in [0, 0.05) is 29.2 Å². The molecule has 29 heavy (non-hydrogen) atoms. The van der Waals surface area contributed by atoms with E-state index in [-0.39, 0.29) is 6.04 Å². The van der Waals surface area contributed by atoms with E-state index in [1.165, 1.54) is 25.7 Å². The molecule has 3 heterocycles. The first-order valence-corrected chi connectivity index (χ1v) is 11.4. The molecule has 0 bridgehead atoms. The highest BCUT2D eigenvalue weighted by atomic mass is 35.5. The number of piperidine rings is 1. The van der Waals surface area contributed by atoms with Gasteiger partial charge in [-0.1, -0.05) is 47.3 Å². The van der Waals surface area contributed by atoms with Crippen molar-refractivity contribution in [1.82, 2.24) is 15.3 Å². The average Bonchev–Trinajstić information content (AvgIpc) is 3.20.